The summed E-state index contributed by atoms with van der Waals surface area (Å²) in [5.41, 5.74) is 1.40. The van der Waals surface area contributed by atoms with Gasteiger partial charge in [0.1, 0.15) is 11.5 Å². The minimum absolute atomic E-state index is 0.121. The van der Waals surface area contributed by atoms with E-state index in [4.69, 9.17) is 4.52 Å². The first kappa shape index (κ1) is 15.3. The van der Waals surface area contributed by atoms with Crippen molar-refractivity contribution in [3.63, 3.8) is 0 Å². The maximum Gasteiger partial charge on any atom is 0.435 e. The lowest BCUT2D eigenvalue weighted by atomic mass is 10.1. The maximum absolute atomic E-state index is 12.7. The highest BCUT2D eigenvalue weighted by Gasteiger charge is 2.34. The first-order valence-corrected chi connectivity index (χ1v) is 6.69. The number of hydrogen-bond donors (Lipinski definition) is 0. The van der Waals surface area contributed by atoms with E-state index in [1.165, 1.54) is 16.4 Å². The molecule has 0 aromatic carbocycles. The topological polar surface area (TPSA) is 74.6 Å². The Morgan fingerprint density at radius 1 is 1.26 bits per heavy atom. The van der Waals surface area contributed by atoms with E-state index in [0.717, 1.165) is 11.6 Å². The summed E-state index contributed by atoms with van der Waals surface area (Å²) in [6.45, 7) is 3.66. The van der Waals surface area contributed by atoms with Gasteiger partial charge in [0.2, 0.25) is 0 Å². The van der Waals surface area contributed by atoms with Gasteiger partial charge in [0, 0.05) is 7.05 Å². The Labute approximate surface area is 128 Å². The largest absolute Gasteiger partial charge is 0.435 e. The van der Waals surface area contributed by atoms with E-state index in [1.807, 2.05) is 0 Å². The minimum Gasteiger partial charge on any atom is -0.361 e. The highest BCUT2D eigenvalue weighted by atomic mass is 19.4. The van der Waals surface area contributed by atoms with Crippen LogP contribution in [0.2, 0.25) is 0 Å². The highest BCUT2D eigenvalue weighted by Crippen LogP contribution is 2.29. The zero-order chi connectivity index (χ0) is 16.8. The van der Waals surface area contributed by atoms with Gasteiger partial charge >= 0.3 is 6.18 Å². The number of aryl methyl sites for hydroxylation is 3. The lowest BCUT2D eigenvalue weighted by Crippen LogP contribution is -2.07. The number of halogens is 3. The number of aromatic nitrogens is 6. The van der Waals surface area contributed by atoms with E-state index in [0.29, 0.717) is 22.8 Å². The van der Waals surface area contributed by atoms with Crippen molar-refractivity contribution in [2.24, 2.45) is 7.05 Å². The van der Waals surface area contributed by atoms with E-state index in [2.05, 4.69) is 20.6 Å². The number of hydrogen-bond acceptors (Lipinski definition) is 5. The molecule has 0 saturated heterocycles. The molecule has 0 N–H and O–H groups in total. The van der Waals surface area contributed by atoms with Gasteiger partial charge in [-0.1, -0.05) is 10.4 Å². The first-order chi connectivity index (χ1) is 10.8. The Morgan fingerprint density at radius 2 is 2.00 bits per heavy atom. The second-order valence-electron chi connectivity index (χ2n) is 5.14. The van der Waals surface area contributed by atoms with Gasteiger partial charge in [-0.25, -0.2) is 4.68 Å². The zero-order valence-corrected chi connectivity index (χ0v) is 12.6. The van der Waals surface area contributed by atoms with E-state index >= 15 is 0 Å². The molecule has 7 nitrogen and oxygen atoms in total. The molecule has 0 atom stereocenters. The summed E-state index contributed by atoms with van der Waals surface area (Å²) in [5, 5.41) is 15.3. The van der Waals surface area contributed by atoms with Crippen molar-refractivity contribution in [1.82, 2.24) is 29.9 Å². The average Bonchev–Trinajstić information content (AvgIpc) is 3.12. The molecule has 0 radical (unpaired) electrons. The number of rotatable bonds is 3. The molecule has 0 saturated carbocycles. The molecule has 3 heterocycles. The molecule has 3 aromatic rings. The van der Waals surface area contributed by atoms with Gasteiger partial charge in [-0.3, -0.25) is 4.68 Å². The van der Waals surface area contributed by atoms with Gasteiger partial charge in [-0.15, -0.1) is 5.10 Å². The van der Waals surface area contributed by atoms with E-state index < -0.39 is 11.9 Å². The SMILES string of the molecule is Cc1noc(C)c1-c1cn(Cc2cc(C(F)(F)F)nn2C)nn1. The third kappa shape index (κ3) is 2.83. The number of alkyl halides is 3. The molecule has 0 amide bonds. The predicted octanol–water partition coefficient (Wildman–Crippen LogP) is 2.35. The molecule has 23 heavy (non-hydrogen) atoms. The Morgan fingerprint density at radius 3 is 2.57 bits per heavy atom. The fourth-order valence-electron chi connectivity index (χ4n) is 2.30. The van der Waals surface area contributed by atoms with Crippen molar-refractivity contribution in [3.05, 3.63) is 35.1 Å². The van der Waals surface area contributed by atoms with Crippen LogP contribution in [0.1, 0.15) is 22.8 Å². The fourth-order valence-corrected chi connectivity index (χ4v) is 2.30. The molecular formula is C13H13F3N6O. The third-order valence-corrected chi connectivity index (χ3v) is 3.42. The summed E-state index contributed by atoms with van der Waals surface area (Å²) in [4.78, 5) is 0. The van der Waals surface area contributed by atoms with E-state index in [-0.39, 0.29) is 6.54 Å². The second-order valence-corrected chi connectivity index (χ2v) is 5.14. The van der Waals surface area contributed by atoms with Gasteiger partial charge in [0.05, 0.1) is 29.7 Å². The fraction of sp³-hybridized carbons (Fsp3) is 0.385. The standard InChI is InChI=1S/C13H13F3N6O/c1-7-12(8(2)23-19-7)10-6-22(20-17-10)5-9-4-11(13(14,15)16)18-21(9)3/h4,6H,5H2,1-3H3. The van der Waals surface area contributed by atoms with Crippen LogP contribution < -0.4 is 0 Å². The van der Waals surface area contributed by atoms with Crippen LogP contribution in [0.5, 0.6) is 0 Å². The molecule has 0 unspecified atom stereocenters. The Balaban J connectivity index is 1.87. The molecule has 122 valence electrons. The van der Waals surface area contributed by atoms with Crippen molar-refractivity contribution < 1.29 is 17.7 Å². The van der Waals surface area contributed by atoms with Crippen molar-refractivity contribution in [3.8, 4) is 11.3 Å². The third-order valence-electron chi connectivity index (χ3n) is 3.42. The predicted molar refractivity (Wildman–Crippen MR) is 72.3 cm³/mol. The van der Waals surface area contributed by atoms with Crippen molar-refractivity contribution >= 4 is 0 Å². The van der Waals surface area contributed by atoms with Crippen molar-refractivity contribution in [2.45, 2.75) is 26.6 Å². The summed E-state index contributed by atoms with van der Waals surface area (Å²) in [6.07, 6.45) is -2.84. The normalized spacial score (nSPS) is 12.1. The molecule has 0 spiro atoms. The van der Waals surface area contributed by atoms with Crippen LogP contribution in [0.15, 0.2) is 16.8 Å². The number of nitrogens with zero attached hydrogens (tertiary/aromatic N) is 6. The second kappa shape index (κ2) is 5.21. The summed E-state index contributed by atoms with van der Waals surface area (Å²) >= 11 is 0. The molecule has 0 bridgehead atoms. The van der Waals surface area contributed by atoms with Crippen LogP contribution in [0, 0.1) is 13.8 Å². The van der Waals surface area contributed by atoms with Crippen molar-refractivity contribution in [1.29, 1.82) is 0 Å². The van der Waals surface area contributed by atoms with Crippen LogP contribution in [0.4, 0.5) is 13.2 Å². The summed E-state index contributed by atoms with van der Waals surface area (Å²) in [5.74, 6) is 0.606. The molecule has 0 fully saturated rings. The van der Waals surface area contributed by atoms with Gasteiger partial charge in [-0.2, -0.15) is 18.3 Å². The van der Waals surface area contributed by atoms with Gasteiger partial charge in [-0.05, 0) is 19.9 Å². The lowest BCUT2D eigenvalue weighted by Gasteiger charge is -2.00. The van der Waals surface area contributed by atoms with E-state index in [9.17, 15) is 13.2 Å². The van der Waals surface area contributed by atoms with E-state index in [1.54, 1.807) is 20.0 Å². The van der Waals surface area contributed by atoms with Crippen LogP contribution in [-0.4, -0.2) is 29.9 Å². The molecule has 0 aliphatic carbocycles. The zero-order valence-electron chi connectivity index (χ0n) is 12.6. The van der Waals surface area contributed by atoms with Crippen LogP contribution in [-0.2, 0) is 19.8 Å². The van der Waals surface area contributed by atoms with Crippen molar-refractivity contribution in [2.75, 3.05) is 0 Å². The quantitative estimate of drug-likeness (QED) is 0.738. The molecule has 0 aliphatic heterocycles. The summed E-state index contributed by atoms with van der Waals surface area (Å²) in [6, 6.07) is 0.997. The van der Waals surface area contributed by atoms with Crippen LogP contribution in [0.25, 0.3) is 11.3 Å². The lowest BCUT2D eigenvalue weighted by molar-refractivity contribution is -0.141. The molecule has 10 heteroatoms. The maximum atomic E-state index is 12.7. The molecular weight excluding hydrogens is 313 g/mol. The smallest absolute Gasteiger partial charge is 0.361 e. The van der Waals surface area contributed by atoms with Gasteiger partial charge < -0.3 is 4.52 Å². The van der Waals surface area contributed by atoms with Crippen LogP contribution >= 0.6 is 0 Å². The first-order valence-electron chi connectivity index (χ1n) is 6.69. The summed E-state index contributed by atoms with van der Waals surface area (Å²) < 4.78 is 45.7. The highest BCUT2D eigenvalue weighted by molar-refractivity contribution is 5.62. The Kier molecular flexibility index (Phi) is 3.46. The molecule has 3 aromatic heterocycles. The molecule has 3 rings (SSSR count). The monoisotopic (exact) mass is 326 g/mol. The van der Waals surface area contributed by atoms with Gasteiger partial charge in [0.15, 0.2) is 5.69 Å². The Bertz CT molecular complexity index is 825. The van der Waals surface area contributed by atoms with Gasteiger partial charge in [0.25, 0.3) is 0 Å². The summed E-state index contributed by atoms with van der Waals surface area (Å²) in [7, 11) is 1.46. The molecule has 0 aliphatic rings. The Hall–Kier alpha value is -2.65. The minimum atomic E-state index is -4.47. The average molecular weight is 326 g/mol. The van der Waals surface area contributed by atoms with Crippen LogP contribution in [0.3, 0.4) is 0 Å².